The Bertz CT molecular complexity index is 901. The molecular weight excluding hydrogens is 346 g/mol. The molecule has 2 heterocycles. The summed E-state index contributed by atoms with van der Waals surface area (Å²) in [4.78, 5) is 25.7. The van der Waals surface area contributed by atoms with E-state index in [0.29, 0.717) is 10.4 Å². The van der Waals surface area contributed by atoms with Gasteiger partial charge in [0.15, 0.2) is 5.75 Å². The molecule has 0 bridgehead atoms. The molecule has 25 heavy (non-hydrogen) atoms. The summed E-state index contributed by atoms with van der Waals surface area (Å²) in [6.45, 7) is 3.46. The average molecular weight is 364 g/mol. The fourth-order valence-corrected chi connectivity index (χ4v) is 3.59. The van der Waals surface area contributed by atoms with Crippen molar-refractivity contribution in [1.29, 1.82) is 0 Å². The maximum absolute atomic E-state index is 12.6. The van der Waals surface area contributed by atoms with Gasteiger partial charge in [-0.2, -0.15) is 0 Å². The molecule has 0 spiro atoms. The van der Waals surface area contributed by atoms with Crippen molar-refractivity contribution in [3.8, 4) is 5.75 Å². The Morgan fingerprint density at radius 1 is 1.28 bits per heavy atom. The quantitative estimate of drug-likeness (QED) is 0.815. The molecule has 7 nitrogen and oxygen atoms in total. The van der Waals surface area contributed by atoms with Gasteiger partial charge in [-0.15, -0.1) is 0 Å². The van der Waals surface area contributed by atoms with Crippen LogP contribution in [0, 0.1) is 0 Å². The summed E-state index contributed by atoms with van der Waals surface area (Å²) >= 11 is 6.45. The third-order valence-electron chi connectivity index (χ3n) is 4.66. The SMILES string of the molecule is O=C(O)Oc1cn(C2CC2)c2cc(N3CCNCC3)c(Cl)cc2c1=O. The first-order valence-electron chi connectivity index (χ1n) is 8.29. The van der Waals surface area contributed by atoms with E-state index in [1.807, 2.05) is 10.6 Å². The molecule has 1 saturated heterocycles. The molecule has 1 aliphatic heterocycles. The Hall–Kier alpha value is -2.25. The number of benzene rings is 1. The number of carboxylic acid groups (broad SMARTS) is 1. The first-order chi connectivity index (χ1) is 12.0. The van der Waals surface area contributed by atoms with Crippen LogP contribution in [0.25, 0.3) is 10.9 Å². The number of hydrogen-bond acceptors (Lipinski definition) is 5. The lowest BCUT2D eigenvalue weighted by Gasteiger charge is -2.30. The average Bonchev–Trinajstić information content (AvgIpc) is 3.42. The number of pyridine rings is 1. The largest absolute Gasteiger partial charge is 0.511 e. The summed E-state index contributed by atoms with van der Waals surface area (Å²) in [5.74, 6) is -0.183. The van der Waals surface area contributed by atoms with Gasteiger partial charge in [-0.25, -0.2) is 4.79 Å². The number of rotatable bonds is 3. The van der Waals surface area contributed by atoms with E-state index >= 15 is 0 Å². The molecule has 2 aliphatic rings. The first-order valence-corrected chi connectivity index (χ1v) is 8.67. The molecule has 0 unspecified atom stereocenters. The van der Waals surface area contributed by atoms with Crippen LogP contribution in [0.3, 0.4) is 0 Å². The highest BCUT2D eigenvalue weighted by Crippen LogP contribution is 2.39. The third-order valence-corrected chi connectivity index (χ3v) is 4.97. The molecule has 1 aromatic carbocycles. The number of nitrogens with zero attached hydrogens (tertiary/aromatic N) is 2. The minimum atomic E-state index is -1.50. The van der Waals surface area contributed by atoms with Gasteiger partial charge < -0.3 is 24.6 Å². The van der Waals surface area contributed by atoms with Crippen LogP contribution >= 0.6 is 11.6 Å². The molecular formula is C17H18ClN3O4. The molecule has 0 atom stereocenters. The number of carbonyl (C=O) groups is 1. The molecule has 4 rings (SSSR count). The second-order valence-electron chi connectivity index (χ2n) is 6.39. The van der Waals surface area contributed by atoms with E-state index in [9.17, 15) is 9.59 Å². The zero-order valence-electron chi connectivity index (χ0n) is 13.5. The Labute approximate surface area is 148 Å². The van der Waals surface area contributed by atoms with Crippen LogP contribution < -0.4 is 20.4 Å². The van der Waals surface area contributed by atoms with E-state index in [-0.39, 0.29) is 11.8 Å². The number of halogens is 1. The van der Waals surface area contributed by atoms with Crippen molar-refractivity contribution >= 4 is 34.3 Å². The number of ether oxygens (including phenoxy) is 1. The van der Waals surface area contributed by atoms with E-state index < -0.39 is 11.6 Å². The third kappa shape index (κ3) is 3.05. The van der Waals surface area contributed by atoms with E-state index in [2.05, 4.69) is 15.0 Å². The van der Waals surface area contributed by atoms with Crippen LogP contribution in [0.1, 0.15) is 18.9 Å². The van der Waals surface area contributed by atoms with Gasteiger partial charge in [-0.05, 0) is 25.0 Å². The summed E-state index contributed by atoms with van der Waals surface area (Å²) in [5, 5.41) is 13.0. The van der Waals surface area contributed by atoms with Crippen molar-refractivity contribution in [2.45, 2.75) is 18.9 Å². The normalized spacial score (nSPS) is 17.7. The summed E-state index contributed by atoms with van der Waals surface area (Å²) in [5.41, 5.74) is 1.21. The van der Waals surface area contributed by atoms with E-state index in [1.165, 1.54) is 6.20 Å². The van der Waals surface area contributed by atoms with Crippen molar-refractivity contribution in [3.05, 3.63) is 33.6 Å². The summed E-state index contributed by atoms with van der Waals surface area (Å²) < 4.78 is 6.62. The zero-order valence-corrected chi connectivity index (χ0v) is 14.3. The first kappa shape index (κ1) is 16.2. The molecule has 2 fully saturated rings. The lowest BCUT2D eigenvalue weighted by molar-refractivity contribution is 0.143. The minimum Gasteiger partial charge on any atom is -0.449 e. The summed E-state index contributed by atoms with van der Waals surface area (Å²) in [6.07, 6.45) is 2.00. The van der Waals surface area contributed by atoms with Gasteiger partial charge >= 0.3 is 6.16 Å². The standard InChI is InChI=1S/C17H18ClN3O4/c18-12-7-11-13(8-14(12)20-5-3-19-4-6-20)21(10-1-2-10)9-15(16(11)22)25-17(23)24/h7-10,19H,1-6H2,(H,23,24). The smallest absolute Gasteiger partial charge is 0.449 e. The predicted octanol–water partition coefficient (Wildman–Crippen LogP) is 2.46. The highest BCUT2D eigenvalue weighted by atomic mass is 35.5. The highest BCUT2D eigenvalue weighted by Gasteiger charge is 2.27. The number of nitrogens with one attached hydrogen (secondary N) is 1. The van der Waals surface area contributed by atoms with Crippen molar-refractivity contribution in [3.63, 3.8) is 0 Å². The second-order valence-corrected chi connectivity index (χ2v) is 6.79. The van der Waals surface area contributed by atoms with Gasteiger partial charge in [0.25, 0.3) is 0 Å². The van der Waals surface area contributed by atoms with Gasteiger partial charge in [0, 0.05) is 32.2 Å². The van der Waals surface area contributed by atoms with Crippen LogP contribution in [-0.2, 0) is 0 Å². The predicted molar refractivity (Wildman–Crippen MR) is 95.2 cm³/mol. The number of anilines is 1. The van der Waals surface area contributed by atoms with Crippen LogP contribution in [0.5, 0.6) is 5.75 Å². The van der Waals surface area contributed by atoms with E-state index in [4.69, 9.17) is 16.7 Å². The Morgan fingerprint density at radius 2 is 2.00 bits per heavy atom. The molecule has 2 N–H and O–H groups in total. The van der Waals surface area contributed by atoms with Gasteiger partial charge in [-0.3, -0.25) is 4.79 Å². The second kappa shape index (κ2) is 6.24. The van der Waals surface area contributed by atoms with Crippen molar-refractivity contribution in [2.75, 3.05) is 31.1 Å². The van der Waals surface area contributed by atoms with Crippen molar-refractivity contribution in [1.82, 2.24) is 9.88 Å². The number of piperazine rings is 1. The van der Waals surface area contributed by atoms with Crippen molar-refractivity contribution < 1.29 is 14.6 Å². The molecule has 132 valence electrons. The molecule has 1 aromatic heterocycles. The van der Waals surface area contributed by atoms with Crippen LogP contribution in [0.4, 0.5) is 10.5 Å². The Morgan fingerprint density at radius 3 is 2.64 bits per heavy atom. The summed E-state index contributed by atoms with van der Waals surface area (Å²) in [7, 11) is 0. The maximum atomic E-state index is 12.6. The van der Waals surface area contributed by atoms with Crippen molar-refractivity contribution in [2.24, 2.45) is 0 Å². The fraction of sp³-hybridized carbons (Fsp3) is 0.412. The molecule has 1 saturated carbocycles. The molecule has 1 aliphatic carbocycles. The van der Waals surface area contributed by atoms with Crippen LogP contribution in [0.15, 0.2) is 23.1 Å². The number of hydrogen-bond donors (Lipinski definition) is 2. The van der Waals surface area contributed by atoms with Gasteiger partial charge in [0.2, 0.25) is 5.43 Å². The Kier molecular flexibility index (Phi) is 4.05. The van der Waals surface area contributed by atoms with Gasteiger partial charge in [0.1, 0.15) is 0 Å². The zero-order chi connectivity index (χ0) is 17.6. The topological polar surface area (TPSA) is 83.8 Å². The van der Waals surface area contributed by atoms with Gasteiger partial charge in [0.05, 0.1) is 27.8 Å². The molecule has 8 heteroatoms. The molecule has 2 aromatic rings. The Balaban J connectivity index is 1.90. The molecule has 0 amide bonds. The monoisotopic (exact) mass is 363 g/mol. The number of fused-ring (bicyclic) bond motifs is 1. The lowest BCUT2D eigenvalue weighted by atomic mass is 10.1. The minimum absolute atomic E-state index is 0.183. The molecule has 0 radical (unpaired) electrons. The van der Waals surface area contributed by atoms with Crippen LogP contribution in [-0.4, -0.2) is 42.0 Å². The lowest BCUT2D eigenvalue weighted by Crippen LogP contribution is -2.43. The van der Waals surface area contributed by atoms with Crippen LogP contribution in [0.2, 0.25) is 5.02 Å². The van der Waals surface area contributed by atoms with Gasteiger partial charge in [-0.1, -0.05) is 11.6 Å². The van der Waals surface area contributed by atoms with E-state index in [1.54, 1.807) is 6.07 Å². The highest BCUT2D eigenvalue weighted by molar-refractivity contribution is 6.34. The number of aromatic nitrogens is 1. The maximum Gasteiger partial charge on any atom is 0.511 e. The van der Waals surface area contributed by atoms with E-state index in [0.717, 1.165) is 50.2 Å². The summed E-state index contributed by atoms with van der Waals surface area (Å²) in [6, 6.07) is 3.83. The fourth-order valence-electron chi connectivity index (χ4n) is 3.30.